The number of amides is 1. The van der Waals surface area contributed by atoms with Crippen LogP contribution in [0, 0.1) is 0 Å². The Hall–Kier alpha value is -3.61. The van der Waals surface area contributed by atoms with Gasteiger partial charge in [0.25, 0.3) is 5.91 Å². The Morgan fingerprint density at radius 1 is 1.10 bits per heavy atom. The Morgan fingerprint density at radius 2 is 1.90 bits per heavy atom. The van der Waals surface area contributed by atoms with Crippen molar-refractivity contribution < 1.29 is 9.21 Å². The molecule has 0 saturated heterocycles. The van der Waals surface area contributed by atoms with Crippen molar-refractivity contribution in [1.29, 1.82) is 0 Å². The minimum Gasteiger partial charge on any atom is -0.467 e. The van der Waals surface area contributed by atoms with Gasteiger partial charge in [-0.3, -0.25) is 14.2 Å². The molecule has 7 heteroatoms. The quantitative estimate of drug-likeness (QED) is 0.470. The van der Waals surface area contributed by atoms with Crippen molar-refractivity contribution in [2.45, 2.75) is 26.4 Å². The predicted octanol–water partition coefficient (Wildman–Crippen LogP) is 3.79. The van der Waals surface area contributed by atoms with Crippen molar-refractivity contribution in [3.05, 3.63) is 83.8 Å². The van der Waals surface area contributed by atoms with Crippen LogP contribution in [0.3, 0.4) is 0 Å². The van der Waals surface area contributed by atoms with Crippen LogP contribution < -0.4 is 4.90 Å². The van der Waals surface area contributed by atoms with Crippen LogP contribution in [0.5, 0.6) is 0 Å². The average Bonchev–Trinajstić information content (AvgIpc) is 3.40. The molecule has 1 amide bonds. The van der Waals surface area contributed by atoms with Crippen LogP contribution in [-0.4, -0.2) is 39.3 Å². The Balaban J connectivity index is 1.65. The first-order valence-electron chi connectivity index (χ1n) is 9.95. The molecule has 0 saturated carbocycles. The average molecular weight is 403 g/mol. The van der Waals surface area contributed by atoms with Gasteiger partial charge in [-0.1, -0.05) is 6.92 Å². The van der Waals surface area contributed by atoms with Gasteiger partial charge < -0.3 is 14.2 Å². The van der Waals surface area contributed by atoms with Crippen LogP contribution in [0.25, 0.3) is 5.65 Å². The fraction of sp³-hybridized carbons (Fsp3) is 0.261. The molecule has 0 radical (unpaired) electrons. The van der Waals surface area contributed by atoms with Gasteiger partial charge >= 0.3 is 0 Å². The van der Waals surface area contributed by atoms with E-state index < -0.39 is 0 Å². The molecule has 30 heavy (non-hydrogen) atoms. The van der Waals surface area contributed by atoms with E-state index in [1.54, 1.807) is 30.6 Å². The van der Waals surface area contributed by atoms with Gasteiger partial charge in [0.1, 0.15) is 17.2 Å². The smallest absolute Gasteiger partial charge is 0.255 e. The summed E-state index contributed by atoms with van der Waals surface area (Å²) in [5.74, 6) is 1.68. The van der Waals surface area contributed by atoms with Gasteiger partial charge in [-0.15, -0.1) is 0 Å². The number of carbonyl (C=O) groups excluding carboxylic acids is 1. The lowest BCUT2D eigenvalue weighted by Gasteiger charge is -2.21. The fourth-order valence-corrected chi connectivity index (χ4v) is 3.61. The number of furan rings is 1. The minimum absolute atomic E-state index is 0.0669. The highest BCUT2D eigenvalue weighted by atomic mass is 16.3. The summed E-state index contributed by atoms with van der Waals surface area (Å²) in [7, 11) is 3.82. The van der Waals surface area contributed by atoms with E-state index >= 15 is 0 Å². The van der Waals surface area contributed by atoms with Crippen LogP contribution in [0.4, 0.5) is 5.82 Å². The number of anilines is 1. The van der Waals surface area contributed by atoms with Gasteiger partial charge in [-0.25, -0.2) is 4.98 Å². The molecule has 0 atom stereocenters. The van der Waals surface area contributed by atoms with Crippen LogP contribution in [0.1, 0.15) is 34.3 Å². The molecule has 0 bridgehead atoms. The minimum atomic E-state index is -0.0669. The number of fused-ring (bicyclic) bond motifs is 1. The maximum absolute atomic E-state index is 13.0. The molecule has 154 valence electrons. The van der Waals surface area contributed by atoms with Crippen LogP contribution in [-0.2, 0) is 19.5 Å². The molecule has 0 aliphatic carbocycles. The van der Waals surface area contributed by atoms with E-state index in [4.69, 9.17) is 9.40 Å². The molecule has 0 aliphatic heterocycles. The SMILES string of the molecule is CCc1nc2ccc(C(=O)N(C)Cc3ccco3)cn2c1N(C)Cc1ccncc1. The summed E-state index contributed by atoms with van der Waals surface area (Å²) in [4.78, 5) is 25.7. The molecule has 7 nitrogen and oxygen atoms in total. The summed E-state index contributed by atoms with van der Waals surface area (Å²) in [6, 6.07) is 11.4. The number of pyridine rings is 2. The van der Waals surface area contributed by atoms with Crippen molar-refractivity contribution in [3.8, 4) is 0 Å². The molecule has 0 unspecified atom stereocenters. The topological polar surface area (TPSA) is 66.9 Å². The molecule has 0 aliphatic rings. The monoisotopic (exact) mass is 403 g/mol. The highest BCUT2D eigenvalue weighted by Crippen LogP contribution is 2.25. The molecule has 4 aromatic heterocycles. The number of hydrogen-bond acceptors (Lipinski definition) is 5. The third kappa shape index (κ3) is 3.91. The lowest BCUT2D eigenvalue weighted by atomic mass is 10.2. The van der Waals surface area contributed by atoms with Gasteiger partial charge in [0, 0.05) is 39.2 Å². The number of rotatable bonds is 7. The fourth-order valence-electron chi connectivity index (χ4n) is 3.61. The molecule has 0 spiro atoms. The van der Waals surface area contributed by atoms with Gasteiger partial charge in [0.05, 0.1) is 24.1 Å². The molecule has 4 aromatic rings. The second kappa shape index (κ2) is 8.41. The highest BCUT2D eigenvalue weighted by molar-refractivity contribution is 5.94. The standard InChI is InChI=1S/C23H25N5O2/c1-4-20-22(26(2)14-17-9-11-24-12-10-17)28-15-18(7-8-21(28)25-20)23(29)27(3)16-19-6-5-13-30-19/h5-13,15H,4,14,16H2,1-3H3. The molecule has 0 aromatic carbocycles. The third-order valence-corrected chi connectivity index (χ3v) is 5.10. The third-order valence-electron chi connectivity index (χ3n) is 5.10. The van der Waals surface area contributed by atoms with Crippen molar-refractivity contribution >= 4 is 17.4 Å². The summed E-state index contributed by atoms with van der Waals surface area (Å²) in [5.41, 5.74) is 3.60. The molecule has 4 rings (SSSR count). The van der Waals surface area contributed by atoms with E-state index in [0.29, 0.717) is 12.1 Å². The number of carbonyl (C=O) groups is 1. The predicted molar refractivity (Wildman–Crippen MR) is 115 cm³/mol. The Labute approximate surface area is 175 Å². The van der Waals surface area contributed by atoms with E-state index in [2.05, 4.69) is 16.8 Å². The first kappa shape index (κ1) is 19.7. The number of imidazole rings is 1. The normalized spacial score (nSPS) is 11.0. The van der Waals surface area contributed by atoms with E-state index in [9.17, 15) is 4.79 Å². The zero-order valence-electron chi connectivity index (χ0n) is 17.4. The van der Waals surface area contributed by atoms with Gasteiger partial charge in [0.15, 0.2) is 0 Å². The Morgan fingerprint density at radius 3 is 2.60 bits per heavy atom. The van der Waals surface area contributed by atoms with E-state index in [-0.39, 0.29) is 5.91 Å². The molecular weight excluding hydrogens is 378 g/mol. The van der Waals surface area contributed by atoms with Gasteiger partial charge in [-0.05, 0) is 48.4 Å². The highest BCUT2D eigenvalue weighted by Gasteiger charge is 2.19. The van der Waals surface area contributed by atoms with Crippen molar-refractivity contribution in [2.75, 3.05) is 19.0 Å². The summed E-state index contributed by atoms with van der Waals surface area (Å²) >= 11 is 0. The summed E-state index contributed by atoms with van der Waals surface area (Å²) in [5, 5.41) is 0. The number of hydrogen-bond donors (Lipinski definition) is 0. The van der Waals surface area contributed by atoms with E-state index in [1.165, 1.54) is 0 Å². The Kier molecular flexibility index (Phi) is 5.52. The summed E-state index contributed by atoms with van der Waals surface area (Å²) in [6.45, 7) is 3.23. The lowest BCUT2D eigenvalue weighted by molar-refractivity contribution is 0.0775. The zero-order chi connectivity index (χ0) is 21.1. The maximum Gasteiger partial charge on any atom is 0.255 e. The van der Waals surface area contributed by atoms with Crippen molar-refractivity contribution in [1.82, 2.24) is 19.3 Å². The van der Waals surface area contributed by atoms with Crippen molar-refractivity contribution in [3.63, 3.8) is 0 Å². The summed E-state index contributed by atoms with van der Waals surface area (Å²) < 4.78 is 7.37. The Bertz CT molecular complexity index is 1140. The molecule has 0 N–H and O–H groups in total. The lowest BCUT2D eigenvalue weighted by Crippen LogP contribution is -2.26. The van der Waals surface area contributed by atoms with Gasteiger partial charge in [-0.2, -0.15) is 0 Å². The largest absolute Gasteiger partial charge is 0.467 e. The van der Waals surface area contributed by atoms with Crippen LogP contribution in [0.15, 0.2) is 65.7 Å². The van der Waals surface area contributed by atoms with E-state index in [1.807, 2.05) is 54.0 Å². The maximum atomic E-state index is 13.0. The number of aromatic nitrogens is 3. The second-order valence-corrected chi connectivity index (χ2v) is 7.33. The number of aryl methyl sites for hydroxylation is 1. The van der Waals surface area contributed by atoms with Gasteiger partial charge in [0.2, 0.25) is 0 Å². The first-order chi connectivity index (χ1) is 14.6. The molecule has 0 fully saturated rings. The second-order valence-electron chi connectivity index (χ2n) is 7.33. The number of nitrogens with zero attached hydrogens (tertiary/aromatic N) is 5. The zero-order valence-corrected chi connectivity index (χ0v) is 17.4. The molecule has 4 heterocycles. The van der Waals surface area contributed by atoms with Crippen LogP contribution >= 0.6 is 0 Å². The molecular formula is C23H25N5O2. The summed E-state index contributed by atoms with van der Waals surface area (Å²) in [6.07, 6.45) is 7.89. The van der Waals surface area contributed by atoms with E-state index in [0.717, 1.165) is 41.4 Å². The van der Waals surface area contributed by atoms with Crippen molar-refractivity contribution in [2.24, 2.45) is 0 Å². The van der Waals surface area contributed by atoms with Crippen LogP contribution in [0.2, 0.25) is 0 Å². The first-order valence-corrected chi connectivity index (χ1v) is 9.95.